The van der Waals surface area contributed by atoms with Gasteiger partial charge in [-0.25, -0.2) is 4.98 Å². The van der Waals surface area contributed by atoms with Gasteiger partial charge < -0.3 is 9.47 Å². The van der Waals surface area contributed by atoms with Gasteiger partial charge in [0.1, 0.15) is 5.82 Å². The standard InChI is InChI=1S/C19H27N3O/c1-13(2)19-20-16-10-15(7-8-17(16)21(19)4)11-18(23)22-9-5-6-14(3)12-22/h7-8,10,13-14H,5-6,9,11-12H2,1-4H3. The summed E-state index contributed by atoms with van der Waals surface area (Å²) in [6.07, 6.45) is 2.85. The van der Waals surface area contributed by atoms with Crippen molar-refractivity contribution in [2.24, 2.45) is 13.0 Å². The molecule has 1 saturated heterocycles. The van der Waals surface area contributed by atoms with E-state index in [2.05, 4.69) is 50.6 Å². The quantitative estimate of drug-likeness (QED) is 0.870. The summed E-state index contributed by atoms with van der Waals surface area (Å²) in [5.74, 6) is 2.36. The van der Waals surface area contributed by atoms with E-state index < -0.39 is 0 Å². The number of hydrogen-bond acceptors (Lipinski definition) is 2. The normalized spacial score (nSPS) is 18.8. The SMILES string of the molecule is CC1CCCN(C(=O)Cc2ccc3c(c2)nc(C(C)C)n3C)C1. The van der Waals surface area contributed by atoms with E-state index in [-0.39, 0.29) is 5.91 Å². The van der Waals surface area contributed by atoms with Gasteiger partial charge in [0.25, 0.3) is 0 Å². The van der Waals surface area contributed by atoms with Crippen LogP contribution in [0.15, 0.2) is 18.2 Å². The number of rotatable bonds is 3. The number of amides is 1. The molecule has 0 aliphatic carbocycles. The number of likely N-dealkylation sites (tertiary alicyclic amines) is 1. The smallest absolute Gasteiger partial charge is 0.226 e. The first-order valence-corrected chi connectivity index (χ1v) is 8.68. The van der Waals surface area contributed by atoms with Crippen molar-refractivity contribution in [2.75, 3.05) is 13.1 Å². The lowest BCUT2D eigenvalue weighted by molar-refractivity contribution is -0.132. The van der Waals surface area contributed by atoms with E-state index in [1.165, 1.54) is 6.42 Å². The number of aromatic nitrogens is 2. The molecule has 3 rings (SSSR count). The molecule has 4 nitrogen and oxygen atoms in total. The van der Waals surface area contributed by atoms with Gasteiger partial charge in [0.2, 0.25) is 5.91 Å². The third-order valence-corrected chi connectivity index (χ3v) is 4.86. The average molecular weight is 313 g/mol. The maximum absolute atomic E-state index is 12.5. The molecule has 23 heavy (non-hydrogen) atoms. The molecule has 1 fully saturated rings. The van der Waals surface area contributed by atoms with Crippen molar-refractivity contribution < 1.29 is 4.79 Å². The number of fused-ring (bicyclic) bond motifs is 1. The number of imidazole rings is 1. The average Bonchev–Trinajstić information content (AvgIpc) is 2.84. The Bertz CT molecular complexity index is 717. The Morgan fingerprint density at radius 1 is 1.39 bits per heavy atom. The molecular weight excluding hydrogens is 286 g/mol. The maximum Gasteiger partial charge on any atom is 0.226 e. The number of hydrogen-bond donors (Lipinski definition) is 0. The van der Waals surface area contributed by atoms with Crippen molar-refractivity contribution in [3.63, 3.8) is 0 Å². The number of aryl methyl sites for hydroxylation is 1. The van der Waals surface area contributed by atoms with Crippen LogP contribution >= 0.6 is 0 Å². The van der Waals surface area contributed by atoms with Crippen molar-refractivity contribution in [3.8, 4) is 0 Å². The third-order valence-electron chi connectivity index (χ3n) is 4.86. The minimum atomic E-state index is 0.246. The second-order valence-electron chi connectivity index (χ2n) is 7.27. The Balaban J connectivity index is 1.79. The summed E-state index contributed by atoms with van der Waals surface area (Å²) in [5, 5.41) is 0. The maximum atomic E-state index is 12.5. The van der Waals surface area contributed by atoms with Crippen LogP contribution in [0.4, 0.5) is 0 Å². The monoisotopic (exact) mass is 313 g/mol. The van der Waals surface area contributed by atoms with Gasteiger partial charge >= 0.3 is 0 Å². The molecule has 1 amide bonds. The Hall–Kier alpha value is -1.84. The van der Waals surface area contributed by atoms with Crippen LogP contribution in [0.25, 0.3) is 11.0 Å². The zero-order chi connectivity index (χ0) is 16.6. The van der Waals surface area contributed by atoms with Gasteiger partial charge in [-0.05, 0) is 36.5 Å². The Labute approximate surface area is 138 Å². The summed E-state index contributed by atoms with van der Waals surface area (Å²) in [6, 6.07) is 6.24. The summed E-state index contributed by atoms with van der Waals surface area (Å²) < 4.78 is 2.15. The molecule has 2 heterocycles. The highest BCUT2D eigenvalue weighted by atomic mass is 16.2. The highest BCUT2D eigenvalue weighted by molar-refractivity contribution is 5.82. The lowest BCUT2D eigenvalue weighted by atomic mass is 9.99. The lowest BCUT2D eigenvalue weighted by Gasteiger charge is -2.31. The van der Waals surface area contributed by atoms with Gasteiger partial charge in [0.15, 0.2) is 0 Å². The van der Waals surface area contributed by atoms with Crippen LogP contribution in [0, 0.1) is 5.92 Å². The predicted octanol–water partition coefficient (Wildman–Crippen LogP) is 3.50. The molecule has 0 bridgehead atoms. The third kappa shape index (κ3) is 3.26. The van der Waals surface area contributed by atoms with Crippen LogP contribution < -0.4 is 0 Å². The molecule has 1 atom stereocenters. The summed E-state index contributed by atoms with van der Waals surface area (Å²) >= 11 is 0. The van der Waals surface area contributed by atoms with Crippen molar-refractivity contribution in [3.05, 3.63) is 29.6 Å². The summed E-state index contributed by atoms with van der Waals surface area (Å²) in [6.45, 7) is 8.35. The number of carbonyl (C=O) groups excluding carboxylic acids is 1. The summed E-state index contributed by atoms with van der Waals surface area (Å²) in [4.78, 5) is 19.3. The molecular formula is C19H27N3O. The molecule has 124 valence electrons. The lowest BCUT2D eigenvalue weighted by Crippen LogP contribution is -2.39. The summed E-state index contributed by atoms with van der Waals surface area (Å²) in [7, 11) is 2.06. The van der Waals surface area contributed by atoms with Gasteiger partial charge in [0.05, 0.1) is 17.5 Å². The van der Waals surface area contributed by atoms with Gasteiger partial charge in [-0.2, -0.15) is 0 Å². The Morgan fingerprint density at radius 2 is 2.17 bits per heavy atom. The van der Waals surface area contributed by atoms with E-state index >= 15 is 0 Å². The van der Waals surface area contributed by atoms with Crippen molar-refractivity contribution >= 4 is 16.9 Å². The fourth-order valence-electron chi connectivity index (χ4n) is 3.59. The van der Waals surface area contributed by atoms with E-state index in [4.69, 9.17) is 4.98 Å². The van der Waals surface area contributed by atoms with Gasteiger partial charge in [0, 0.05) is 26.1 Å². The van der Waals surface area contributed by atoms with E-state index in [9.17, 15) is 4.79 Å². The zero-order valence-electron chi connectivity index (χ0n) is 14.7. The molecule has 0 radical (unpaired) electrons. The van der Waals surface area contributed by atoms with Crippen molar-refractivity contribution in [1.29, 1.82) is 0 Å². The number of piperidine rings is 1. The molecule has 1 aromatic carbocycles. The number of carbonyl (C=O) groups is 1. The van der Waals surface area contributed by atoms with Crippen molar-refractivity contribution in [1.82, 2.24) is 14.5 Å². The first-order chi connectivity index (χ1) is 11.0. The molecule has 1 aromatic heterocycles. The fourth-order valence-corrected chi connectivity index (χ4v) is 3.59. The number of benzene rings is 1. The number of nitrogens with zero attached hydrogens (tertiary/aromatic N) is 3. The molecule has 1 unspecified atom stereocenters. The van der Waals surface area contributed by atoms with Crippen molar-refractivity contribution in [2.45, 2.75) is 46.0 Å². The van der Waals surface area contributed by atoms with Gasteiger partial charge in [-0.3, -0.25) is 4.79 Å². The predicted molar refractivity (Wildman–Crippen MR) is 93.5 cm³/mol. The van der Waals surface area contributed by atoms with Crippen LogP contribution in [-0.2, 0) is 18.3 Å². The van der Waals surface area contributed by atoms with Crippen LogP contribution in [0.1, 0.15) is 50.9 Å². The molecule has 4 heteroatoms. The second kappa shape index (κ2) is 6.34. The zero-order valence-corrected chi connectivity index (χ0v) is 14.7. The minimum Gasteiger partial charge on any atom is -0.342 e. The second-order valence-corrected chi connectivity index (χ2v) is 7.27. The molecule has 0 saturated carbocycles. The topological polar surface area (TPSA) is 38.1 Å². The van der Waals surface area contributed by atoms with Gasteiger partial charge in [-0.15, -0.1) is 0 Å². The largest absolute Gasteiger partial charge is 0.342 e. The molecule has 0 spiro atoms. The van der Waals surface area contributed by atoms with E-state index in [1.54, 1.807) is 0 Å². The molecule has 0 N–H and O–H groups in total. The Kier molecular flexibility index (Phi) is 4.42. The molecule has 2 aromatic rings. The molecule has 1 aliphatic heterocycles. The van der Waals surface area contributed by atoms with E-state index in [0.29, 0.717) is 18.3 Å². The highest BCUT2D eigenvalue weighted by Crippen LogP contribution is 2.22. The fraction of sp³-hybridized carbons (Fsp3) is 0.579. The first-order valence-electron chi connectivity index (χ1n) is 8.68. The van der Waals surface area contributed by atoms with Crippen LogP contribution in [-0.4, -0.2) is 33.4 Å². The highest BCUT2D eigenvalue weighted by Gasteiger charge is 2.21. The van der Waals surface area contributed by atoms with E-state index in [0.717, 1.165) is 41.9 Å². The Morgan fingerprint density at radius 3 is 2.87 bits per heavy atom. The van der Waals surface area contributed by atoms with E-state index in [1.807, 2.05) is 4.90 Å². The summed E-state index contributed by atoms with van der Waals surface area (Å²) in [5.41, 5.74) is 3.19. The minimum absolute atomic E-state index is 0.246. The molecule has 1 aliphatic rings. The first kappa shape index (κ1) is 16.0. The van der Waals surface area contributed by atoms with Crippen LogP contribution in [0.2, 0.25) is 0 Å². The van der Waals surface area contributed by atoms with Crippen LogP contribution in [0.3, 0.4) is 0 Å². The van der Waals surface area contributed by atoms with Crippen LogP contribution in [0.5, 0.6) is 0 Å². The van der Waals surface area contributed by atoms with Gasteiger partial charge in [-0.1, -0.05) is 26.8 Å².